The van der Waals surface area contributed by atoms with Gasteiger partial charge >= 0.3 is 0 Å². The number of hydrogen-bond donors (Lipinski definition) is 1. The monoisotopic (exact) mass is 645 g/mol. The van der Waals surface area contributed by atoms with Crippen LogP contribution in [0.15, 0.2) is 24.3 Å². The van der Waals surface area contributed by atoms with E-state index >= 15 is 0 Å². The van der Waals surface area contributed by atoms with E-state index in [1.807, 2.05) is 39.5 Å². The highest BCUT2D eigenvalue weighted by atomic mass is 32.2. The first kappa shape index (κ1) is 41.5. The first-order valence-electron chi connectivity index (χ1n) is 18.0. The second-order valence-electron chi connectivity index (χ2n) is 14.8. The van der Waals surface area contributed by atoms with Crippen LogP contribution in [0.3, 0.4) is 0 Å². The van der Waals surface area contributed by atoms with E-state index in [0.717, 1.165) is 62.6 Å². The van der Waals surface area contributed by atoms with Crippen LogP contribution in [0, 0.1) is 47.3 Å². The molecule has 0 aromatic carbocycles. The van der Waals surface area contributed by atoms with Gasteiger partial charge in [-0.05, 0) is 79.8 Å². The molecule has 0 aromatic heterocycles. The molecule has 0 bridgehead atoms. The van der Waals surface area contributed by atoms with Gasteiger partial charge in [-0.1, -0.05) is 99.5 Å². The van der Waals surface area contributed by atoms with Gasteiger partial charge in [0.1, 0.15) is 24.1 Å². The fourth-order valence-corrected chi connectivity index (χ4v) is 8.29. The Balaban J connectivity index is 3.00. The summed E-state index contributed by atoms with van der Waals surface area (Å²) in [6.45, 7) is 18.6. The van der Waals surface area contributed by atoms with Crippen molar-refractivity contribution in [3.05, 3.63) is 24.3 Å². The van der Waals surface area contributed by atoms with Crippen LogP contribution in [-0.2, 0) is 19.2 Å². The number of nitrogens with one attached hydrogen (secondary N) is 1. The lowest BCUT2D eigenvalue weighted by Gasteiger charge is -2.37. The Hall–Kier alpha value is -1.53. The van der Waals surface area contributed by atoms with E-state index < -0.39 is 11.6 Å². The van der Waals surface area contributed by atoms with Crippen LogP contribution in [0.1, 0.15) is 127 Å². The molecule has 45 heavy (non-hydrogen) atoms. The van der Waals surface area contributed by atoms with E-state index in [9.17, 15) is 19.2 Å². The first-order valence-corrected chi connectivity index (χ1v) is 19.2. The zero-order valence-corrected chi connectivity index (χ0v) is 31.0. The van der Waals surface area contributed by atoms with E-state index in [-0.39, 0.29) is 47.1 Å². The van der Waals surface area contributed by atoms with Crippen molar-refractivity contribution in [2.24, 2.45) is 47.3 Å². The molecule has 0 heterocycles. The lowest BCUT2D eigenvalue weighted by atomic mass is 9.74. The Bertz CT molecular complexity index is 943. The zero-order valence-electron chi connectivity index (χ0n) is 30.2. The highest BCUT2D eigenvalue weighted by molar-refractivity contribution is 7.99. The van der Waals surface area contributed by atoms with Gasteiger partial charge in [0.15, 0.2) is 0 Å². The van der Waals surface area contributed by atoms with Crippen molar-refractivity contribution in [3.8, 4) is 0 Å². The molecule has 0 amide bonds. The van der Waals surface area contributed by atoms with Crippen LogP contribution >= 0.6 is 11.8 Å². The van der Waals surface area contributed by atoms with E-state index in [0.29, 0.717) is 37.5 Å². The van der Waals surface area contributed by atoms with E-state index in [1.165, 1.54) is 0 Å². The number of aldehydes is 2. The summed E-state index contributed by atoms with van der Waals surface area (Å²) < 4.78 is 0. The minimum atomic E-state index is -0.859. The van der Waals surface area contributed by atoms with E-state index in [4.69, 9.17) is 0 Å². The summed E-state index contributed by atoms with van der Waals surface area (Å²) in [6.07, 6.45) is 19.4. The molecule has 1 aliphatic rings. The van der Waals surface area contributed by atoms with Crippen LogP contribution in [0.5, 0.6) is 0 Å². The van der Waals surface area contributed by atoms with E-state index in [2.05, 4.69) is 64.2 Å². The highest BCUT2D eigenvalue weighted by Gasteiger charge is 2.38. The molecule has 5 nitrogen and oxygen atoms in total. The molecule has 0 fully saturated rings. The van der Waals surface area contributed by atoms with Crippen molar-refractivity contribution < 1.29 is 19.2 Å². The van der Waals surface area contributed by atoms with Gasteiger partial charge in [0.25, 0.3) is 0 Å². The molecule has 6 heteroatoms. The fourth-order valence-electron chi connectivity index (χ4n) is 7.02. The predicted molar refractivity (Wildman–Crippen MR) is 193 cm³/mol. The van der Waals surface area contributed by atoms with Gasteiger partial charge in [0.2, 0.25) is 0 Å². The molecule has 0 spiro atoms. The molecular weight excluding hydrogens is 578 g/mol. The summed E-state index contributed by atoms with van der Waals surface area (Å²) >= 11 is 1.86. The van der Waals surface area contributed by atoms with Gasteiger partial charge in [-0.15, -0.1) is 0 Å². The van der Waals surface area contributed by atoms with Gasteiger partial charge < -0.3 is 9.59 Å². The Morgan fingerprint density at radius 2 is 1.69 bits per heavy atom. The molecule has 1 N–H and O–H groups in total. The number of ketones is 2. The SMILES string of the molecule is CCCC(=O)C(C)C(CC)C(CSCCCCC1C=CCC(C)C=C1)C(=O)CC(C)CC(C=O)(CC(C)C)NC(C=O)C(C)C. The van der Waals surface area contributed by atoms with Crippen molar-refractivity contribution in [1.82, 2.24) is 5.32 Å². The Morgan fingerprint density at radius 1 is 0.978 bits per heavy atom. The summed E-state index contributed by atoms with van der Waals surface area (Å²) in [5, 5.41) is 3.39. The number of Topliss-reactive ketones (excluding diaryl/α,β-unsaturated/α-hetero) is 2. The van der Waals surface area contributed by atoms with Crippen molar-refractivity contribution >= 4 is 35.9 Å². The molecule has 0 aliphatic heterocycles. The topological polar surface area (TPSA) is 80.3 Å². The van der Waals surface area contributed by atoms with Crippen LogP contribution in [-0.4, -0.2) is 47.2 Å². The quantitative estimate of drug-likeness (QED) is 0.0606. The third-order valence-electron chi connectivity index (χ3n) is 9.58. The normalized spacial score (nSPS) is 21.5. The van der Waals surface area contributed by atoms with Crippen molar-refractivity contribution in [2.45, 2.75) is 138 Å². The number of thioether (sulfide) groups is 1. The lowest BCUT2D eigenvalue weighted by Crippen LogP contribution is -2.55. The fraction of sp³-hybridized carbons (Fsp3) is 0.795. The van der Waals surface area contributed by atoms with Crippen LogP contribution < -0.4 is 5.32 Å². The minimum Gasteiger partial charge on any atom is -0.302 e. The summed E-state index contributed by atoms with van der Waals surface area (Å²) in [4.78, 5) is 51.6. The highest BCUT2D eigenvalue weighted by Crippen LogP contribution is 2.34. The number of allylic oxidation sites excluding steroid dienone is 4. The summed E-state index contributed by atoms with van der Waals surface area (Å²) in [7, 11) is 0. The van der Waals surface area contributed by atoms with Crippen LogP contribution in [0.25, 0.3) is 0 Å². The average molecular weight is 646 g/mol. The zero-order chi connectivity index (χ0) is 34.0. The smallest absolute Gasteiger partial charge is 0.140 e. The molecule has 1 rings (SSSR count). The maximum Gasteiger partial charge on any atom is 0.140 e. The second kappa shape index (κ2) is 22.1. The standard InChI is InChI=1S/C39H67NO4S/c1-10-15-37(43)32(9)34(11-2)35(26-45-21-13-12-17-33-18-14-16-30(7)19-20-33)38(44)22-31(8)24-39(27-42,23-28(3)4)40-36(25-41)29(5)6/h14,18-20,25,27-36,40H,10-13,15-17,21-24,26H2,1-9H3. The number of unbranched alkanes of at least 4 members (excludes halogenated alkanes) is 1. The average Bonchev–Trinajstić information content (AvgIpc) is 3.19. The first-order chi connectivity index (χ1) is 21.3. The summed E-state index contributed by atoms with van der Waals surface area (Å²) in [6, 6.07) is -0.422. The minimum absolute atomic E-state index is 0.0181. The van der Waals surface area contributed by atoms with Crippen molar-refractivity contribution in [1.29, 1.82) is 0 Å². The molecule has 0 saturated heterocycles. The number of rotatable bonds is 25. The Morgan fingerprint density at radius 3 is 2.27 bits per heavy atom. The van der Waals surface area contributed by atoms with Crippen molar-refractivity contribution in [3.63, 3.8) is 0 Å². The van der Waals surface area contributed by atoms with Gasteiger partial charge in [0.05, 0.1) is 11.6 Å². The number of carbonyl (C=O) groups is 4. The largest absolute Gasteiger partial charge is 0.302 e. The third kappa shape index (κ3) is 15.3. The molecule has 8 atom stereocenters. The molecule has 8 unspecified atom stereocenters. The molecule has 1 aliphatic carbocycles. The Kier molecular flexibility index (Phi) is 20.4. The van der Waals surface area contributed by atoms with E-state index in [1.54, 1.807) is 0 Å². The van der Waals surface area contributed by atoms with Crippen molar-refractivity contribution in [2.75, 3.05) is 11.5 Å². The number of hydrogen-bond acceptors (Lipinski definition) is 6. The summed E-state index contributed by atoms with van der Waals surface area (Å²) in [5.74, 6) is 3.31. The van der Waals surface area contributed by atoms with Crippen LogP contribution in [0.2, 0.25) is 0 Å². The summed E-state index contributed by atoms with van der Waals surface area (Å²) in [5.41, 5.74) is -0.859. The Labute approximate surface area is 281 Å². The lowest BCUT2D eigenvalue weighted by molar-refractivity contribution is -0.129. The molecule has 258 valence electrons. The van der Waals surface area contributed by atoms with Gasteiger partial charge in [-0.25, -0.2) is 0 Å². The molecule has 0 aromatic rings. The maximum atomic E-state index is 14.1. The maximum absolute atomic E-state index is 14.1. The third-order valence-corrected chi connectivity index (χ3v) is 10.8. The predicted octanol–water partition coefficient (Wildman–Crippen LogP) is 9.09. The molecular formula is C39H67NO4S. The van der Waals surface area contributed by atoms with Gasteiger partial charge in [-0.2, -0.15) is 11.8 Å². The second-order valence-corrected chi connectivity index (χ2v) is 16.0. The van der Waals surface area contributed by atoms with Gasteiger partial charge in [-0.3, -0.25) is 14.9 Å². The number of carbonyl (C=O) groups excluding carboxylic acids is 4. The molecule has 0 radical (unpaired) electrons. The van der Waals surface area contributed by atoms with Gasteiger partial charge in [0, 0.05) is 30.4 Å². The molecule has 0 saturated carbocycles. The van der Waals surface area contributed by atoms with Crippen LogP contribution in [0.4, 0.5) is 0 Å².